The Hall–Kier alpha value is -1.76. The largest absolute Gasteiger partial charge is 0.381 e. The van der Waals surface area contributed by atoms with Crippen LogP contribution in [0.5, 0.6) is 0 Å². The van der Waals surface area contributed by atoms with Crippen LogP contribution in [0.15, 0.2) is 36.5 Å². The Kier molecular flexibility index (Phi) is 6.06. The lowest BCUT2D eigenvalue weighted by Gasteiger charge is -2.38. The predicted octanol–water partition coefficient (Wildman–Crippen LogP) is 4.22. The van der Waals surface area contributed by atoms with Gasteiger partial charge in [0.2, 0.25) is 0 Å². The summed E-state index contributed by atoms with van der Waals surface area (Å²) in [5.41, 5.74) is 1.89. The molecule has 0 atom stereocenters. The summed E-state index contributed by atoms with van der Waals surface area (Å²) in [6.07, 6.45) is 3.30. The Labute approximate surface area is 163 Å². The number of hydrogen-bond acceptors (Lipinski definition) is 3. The zero-order chi connectivity index (χ0) is 18.6. The minimum atomic E-state index is -0.231. The molecular weight excluding hydrogens is 373 g/mol. The molecule has 0 amide bonds. The van der Waals surface area contributed by atoms with E-state index in [1.165, 1.54) is 12.1 Å². The van der Waals surface area contributed by atoms with Gasteiger partial charge in [0.05, 0.1) is 5.02 Å². The molecule has 0 spiro atoms. The van der Waals surface area contributed by atoms with Crippen molar-refractivity contribution in [3.8, 4) is 0 Å². The third-order valence-corrected chi connectivity index (χ3v) is 5.42. The average molecular weight is 394 g/mol. The minimum Gasteiger partial charge on any atom is -0.381 e. The zero-order valence-corrected chi connectivity index (χ0v) is 16.1. The molecule has 4 nitrogen and oxygen atoms in total. The first-order valence-electron chi connectivity index (χ1n) is 8.49. The highest BCUT2D eigenvalue weighted by atomic mass is 35.5. The van der Waals surface area contributed by atoms with Gasteiger partial charge in [0.1, 0.15) is 11.6 Å². The van der Waals surface area contributed by atoms with Crippen molar-refractivity contribution in [1.82, 2.24) is 10.3 Å². The van der Waals surface area contributed by atoms with Crippen LogP contribution in [0, 0.1) is 12.7 Å². The molecule has 2 heterocycles. The second-order valence-corrected chi connectivity index (χ2v) is 7.34. The molecule has 1 aliphatic rings. The molecule has 0 saturated carbocycles. The van der Waals surface area contributed by atoms with E-state index in [9.17, 15) is 4.39 Å². The molecule has 3 rings (SSSR count). The number of nitrogens with one attached hydrogen (secondary N) is 2. The molecule has 0 radical (unpaired) electrons. The number of pyridine rings is 1. The maximum absolute atomic E-state index is 13.3. The molecule has 138 valence electrons. The maximum atomic E-state index is 13.3. The number of anilines is 1. The Bertz CT molecular complexity index is 779. The van der Waals surface area contributed by atoms with Gasteiger partial charge in [-0.15, -0.1) is 0 Å². The van der Waals surface area contributed by atoms with Crippen LogP contribution in [0.2, 0.25) is 5.02 Å². The lowest BCUT2D eigenvalue weighted by atomic mass is 9.74. The number of aromatic nitrogens is 1. The van der Waals surface area contributed by atoms with Crippen LogP contribution in [0.4, 0.5) is 10.2 Å². The number of rotatable bonds is 4. The van der Waals surface area contributed by atoms with Gasteiger partial charge in [-0.25, -0.2) is 9.37 Å². The van der Waals surface area contributed by atoms with Crippen LogP contribution in [-0.4, -0.2) is 29.9 Å². The van der Waals surface area contributed by atoms with Crippen molar-refractivity contribution in [1.29, 1.82) is 0 Å². The number of aryl methyl sites for hydroxylation is 1. The van der Waals surface area contributed by atoms with Gasteiger partial charge < -0.3 is 15.4 Å². The minimum absolute atomic E-state index is 0.138. The molecule has 2 aromatic rings. The molecule has 7 heteroatoms. The first kappa shape index (κ1) is 19.0. The van der Waals surface area contributed by atoms with E-state index in [2.05, 4.69) is 15.6 Å². The summed E-state index contributed by atoms with van der Waals surface area (Å²) >= 11 is 11.4. The molecule has 1 aromatic heterocycles. The van der Waals surface area contributed by atoms with Crippen LogP contribution >= 0.6 is 23.8 Å². The molecule has 2 N–H and O–H groups in total. The Morgan fingerprint density at radius 2 is 2.00 bits per heavy atom. The van der Waals surface area contributed by atoms with E-state index < -0.39 is 0 Å². The molecule has 1 aliphatic heterocycles. The fourth-order valence-electron chi connectivity index (χ4n) is 3.15. The third-order valence-electron chi connectivity index (χ3n) is 4.78. The van der Waals surface area contributed by atoms with Crippen molar-refractivity contribution in [3.63, 3.8) is 0 Å². The monoisotopic (exact) mass is 393 g/mol. The number of benzene rings is 1. The van der Waals surface area contributed by atoms with Crippen LogP contribution < -0.4 is 10.6 Å². The number of hydrogen-bond donors (Lipinski definition) is 2. The predicted molar refractivity (Wildman–Crippen MR) is 106 cm³/mol. The summed E-state index contributed by atoms with van der Waals surface area (Å²) in [5.74, 6) is 0.414. The van der Waals surface area contributed by atoms with Crippen LogP contribution in [0.25, 0.3) is 0 Å². The van der Waals surface area contributed by atoms with E-state index >= 15 is 0 Å². The molecule has 26 heavy (non-hydrogen) atoms. The van der Waals surface area contributed by atoms with Gasteiger partial charge in [-0.1, -0.05) is 23.7 Å². The quantitative estimate of drug-likeness (QED) is 0.761. The highest BCUT2D eigenvalue weighted by Gasteiger charge is 2.34. The van der Waals surface area contributed by atoms with Crippen molar-refractivity contribution in [3.05, 3.63) is 58.5 Å². The van der Waals surface area contributed by atoms with Crippen LogP contribution in [0.3, 0.4) is 0 Å². The number of ether oxygens (including phenoxy) is 1. The summed E-state index contributed by atoms with van der Waals surface area (Å²) in [4.78, 5) is 4.23. The molecular formula is C19H21ClFN3OS. The molecule has 0 aliphatic carbocycles. The number of halogens is 2. The first-order valence-corrected chi connectivity index (χ1v) is 9.28. The Morgan fingerprint density at radius 3 is 2.65 bits per heavy atom. The van der Waals surface area contributed by atoms with E-state index in [1.54, 1.807) is 6.20 Å². The summed E-state index contributed by atoms with van der Waals surface area (Å²) < 4.78 is 18.8. The van der Waals surface area contributed by atoms with Gasteiger partial charge in [0.25, 0.3) is 0 Å². The topological polar surface area (TPSA) is 46.2 Å². The van der Waals surface area contributed by atoms with Gasteiger partial charge in [0, 0.05) is 31.4 Å². The highest BCUT2D eigenvalue weighted by Crippen LogP contribution is 2.34. The maximum Gasteiger partial charge on any atom is 0.171 e. The van der Waals surface area contributed by atoms with Crippen molar-refractivity contribution in [2.75, 3.05) is 25.1 Å². The van der Waals surface area contributed by atoms with Crippen LogP contribution in [-0.2, 0) is 10.2 Å². The first-order chi connectivity index (χ1) is 12.5. The fourth-order valence-corrected chi connectivity index (χ4v) is 3.43. The van der Waals surface area contributed by atoms with Crippen molar-refractivity contribution >= 4 is 34.7 Å². The summed E-state index contributed by atoms with van der Waals surface area (Å²) in [7, 11) is 0. The van der Waals surface area contributed by atoms with Crippen molar-refractivity contribution in [2.45, 2.75) is 25.2 Å². The van der Waals surface area contributed by atoms with E-state index in [-0.39, 0.29) is 11.2 Å². The van der Waals surface area contributed by atoms with E-state index in [0.29, 0.717) is 35.7 Å². The average Bonchev–Trinajstić information content (AvgIpc) is 2.64. The van der Waals surface area contributed by atoms with Gasteiger partial charge in [-0.3, -0.25) is 0 Å². The number of thiocarbonyl (C=S) groups is 1. The van der Waals surface area contributed by atoms with E-state index in [1.807, 2.05) is 25.1 Å². The second-order valence-electron chi connectivity index (χ2n) is 6.53. The summed E-state index contributed by atoms with van der Waals surface area (Å²) in [6.45, 7) is 3.91. The van der Waals surface area contributed by atoms with E-state index in [0.717, 1.165) is 24.0 Å². The normalized spacial score (nSPS) is 16.1. The second kappa shape index (κ2) is 8.29. The van der Waals surface area contributed by atoms with Crippen molar-refractivity contribution in [2.24, 2.45) is 0 Å². The molecule has 1 fully saturated rings. The zero-order valence-electron chi connectivity index (χ0n) is 14.5. The van der Waals surface area contributed by atoms with Gasteiger partial charge >= 0.3 is 0 Å². The summed E-state index contributed by atoms with van der Waals surface area (Å²) in [6, 6.07) is 8.55. The fraction of sp³-hybridized carbons (Fsp3) is 0.368. The Morgan fingerprint density at radius 1 is 1.31 bits per heavy atom. The van der Waals surface area contributed by atoms with E-state index in [4.69, 9.17) is 28.6 Å². The Balaban J connectivity index is 1.68. The SMILES string of the molecule is Cc1cc(NC(=S)NCC2(c3ccc(F)cc3)CCOCC2)ncc1Cl. The third kappa shape index (κ3) is 4.50. The molecule has 1 saturated heterocycles. The lowest BCUT2D eigenvalue weighted by Crippen LogP contribution is -2.45. The van der Waals surface area contributed by atoms with Gasteiger partial charge in [-0.05, 0) is 61.3 Å². The number of nitrogens with zero attached hydrogens (tertiary/aromatic N) is 1. The summed E-state index contributed by atoms with van der Waals surface area (Å²) in [5, 5.41) is 7.48. The van der Waals surface area contributed by atoms with Gasteiger partial charge in [0.15, 0.2) is 5.11 Å². The molecule has 1 aromatic carbocycles. The van der Waals surface area contributed by atoms with Crippen LogP contribution in [0.1, 0.15) is 24.0 Å². The highest BCUT2D eigenvalue weighted by molar-refractivity contribution is 7.80. The standard InChI is InChI=1S/C19H21ClFN3OS/c1-13-10-17(22-11-16(13)20)24-18(26)23-12-19(6-8-25-9-7-19)14-2-4-15(21)5-3-14/h2-5,10-11H,6-9,12H2,1H3,(H2,22,23,24,26). The molecule has 0 unspecified atom stereocenters. The molecule has 0 bridgehead atoms. The van der Waals surface area contributed by atoms with Crippen molar-refractivity contribution < 1.29 is 9.13 Å². The lowest BCUT2D eigenvalue weighted by molar-refractivity contribution is 0.0515. The van der Waals surface area contributed by atoms with Gasteiger partial charge in [-0.2, -0.15) is 0 Å². The smallest absolute Gasteiger partial charge is 0.171 e.